The number of halogens is 9. The molecule has 137 heavy (non-hydrogen) atoms. The van der Waals surface area contributed by atoms with E-state index in [9.17, 15) is 137 Å². The van der Waals surface area contributed by atoms with Crippen LogP contribution in [0.2, 0.25) is 0 Å². The van der Waals surface area contributed by atoms with Gasteiger partial charge in [0.25, 0.3) is 12.9 Å². The minimum absolute atomic E-state index is 0.0320. The zero-order valence-electron chi connectivity index (χ0n) is 84.9. The molecule has 0 bridgehead atoms. The van der Waals surface area contributed by atoms with Gasteiger partial charge in [-0.25, -0.2) is 41.9 Å². The number of carbonyl (C=O) groups excluding carboxylic acids is 10. The lowest BCUT2D eigenvalue weighted by Gasteiger charge is -2.31. The quantitative estimate of drug-likeness (QED) is 0.0629. The van der Waals surface area contributed by atoms with Crippen LogP contribution in [0.15, 0.2) is 0 Å². The van der Waals surface area contributed by atoms with E-state index < -0.39 is 237 Å². The fraction of sp³-hybridized carbons (Fsp3) is 0.824. The molecule has 0 aromatic heterocycles. The summed E-state index contributed by atoms with van der Waals surface area (Å²) in [6, 6.07) is -5.61. The van der Waals surface area contributed by atoms with Gasteiger partial charge in [0.2, 0.25) is 47.3 Å². The summed E-state index contributed by atoms with van der Waals surface area (Å²) in [5.41, 5.74) is -11.2. The molecule has 8 rings (SSSR count). The second kappa shape index (κ2) is 47.3. The molecule has 5 unspecified atom stereocenters. The van der Waals surface area contributed by atoms with Crippen LogP contribution in [-0.2, 0) is 100 Å². The Morgan fingerprint density at radius 3 is 0.715 bits per heavy atom. The van der Waals surface area contributed by atoms with Gasteiger partial charge in [0, 0.05) is 133 Å². The van der Waals surface area contributed by atoms with Crippen LogP contribution in [0.4, 0.5) is 39.5 Å². The van der Waals surface area contributed by atoms with E-state index in [-0.39, 0.29) is 98.6 Å². The number of aliphatic carboxylic acids is 6. The first-order chi connectivity index (χ1) is 61.4. The zero-order valence-corrected chi connectivity index (χ0v) is 84.9. The van der Waals surface area contributed by atoms with Crippen molar-refractivity contribution in [1.29, 1.82) is 0 Å². The number of carboxylic acid groups (broad SMARTS) is 6. The van der Waals surface area contributed by atoms with Crippen LogP contribution in [0.3, 0.4) is 0 Å². The van der Waals surface area contributed by atoms with Crippen LogP contribution < -0.4 is 0 Å². The number of alkyl halides is 9. The van der Waals surface area contributed by atoms with Gasteiger partial charge >= 0.3 is 48.2 Å². The average Bonchev–Trinajstić information content (AvgIpc) is 1.60. The molecule has 8 aliphatic rings. The van der Waals surface area contributed by atoms with Gasteiger partial charge in [0.1, 0.15) is 54.8 Å². The van der Waals surface area contributed by atoms with Crippen molar-refractivity contribution in [1.82, 2.24) is 39.2 Å². The summed E-state index contributed by atoms with van der Waals surface area (Å²) in [5.74, 6) is -11.8. The number of hydrogen-bond donors (Lipinski definition) is 8. The maximum Gasteiger partial charge on any atom is 0.419 e. The number of amides is 8. The van der Waals surface area contributed by atoms with E-state index in [0.717, 1.165) is 31.6 Å². The maximum absolute atomic E-state index is 13.5. The first-order valence-corrected chi connectivity index (χ1v) is 44.5. The predicted molar refractivity (Wildman–Crippen MR) is 473 cm³/mol. The van der Waals surface area contributed by atoms with Crippen molar-refractivity contribution in [3.8, 4) is 0 Å². The van der Waals surface area contributed by atoms with E-state index in [1.807, 2.05) is 13.8 Å². The minimum Gasteiger partial charge on any atom is -0.480 e. The largest absolute Gasteiger partial charge is 0.480 e. The molecule has 8 amide bonds. The molecule has 8 N–H and O–H groups in total. The molecular weight excluding hydrogens is 1840 g/mol. The van der Waals surface area contributed by atoms with Gasteiger partial charge < -0.3 is 104 Å². The molecule has 46 heteroatoms. The monoisotopic (exact) mass is 1990 g/mol. The Hall–Kier alpha value is -9.31. The lowest BCUT2D eigenvalue weighted by Crippen LogP contribution is -2.50. The van der Waals surface area contributed by atoms with Crippen molar-refractivity contribution in [2.24, 2.45) is 78.8 Å². The topological polar surface area (TPSA) is 507 Å². The fourth-order valence-corrected chi connectivity index (χ4v) is 16.3. The second-order valence-corrected chi connectivity index (χ2v) is 44.1. The number of β-amino-alcohol motifs (C(OH)–C–C–N with tert-alkyl or cyclic N) is 2. The molecule has 0 saturated carbocycles. The highest BCUT2D eigenvalue weighted by atomic mass is 19.4. The Morgan fingerprint density at radius 2 is 0.511 bits per heavy atom. The van der Waals surface area contributed by atoms with Crippen molar-refractivity contribution in [2.45, 2.75) is 330 Å². The third-order valence-corrected chi connectivity index (χ3v) is 24.5. The molecule has 22 atom stereocenters. The zero-order chi connectivity index (χ0) is 108. The van der Waals surface area contributed by atoms with E-state index in [1.165, 1.54) is 56.2 Å². The standard InChI is InChI=1S/C12H18F3NO4.2C12H21NO4.C11H16F3NO4.3C11H18FNO3.C11H19NO4/c1-10(2,3)9(18)16-6-11(19-4,12(13,14)15)5-8(16)20-7-17;2*1-7-8(17-5)6-13(9(7)10(14)15)11(16)12(2,3)4;1-9(2,3)8(17)15-5-10(18,11(12,13)14)4-7(15)19-6-16;3*1-6-7(12)5-13(8(6)9(14)15)10(16)11(2,3)4;1-6-7(13)5-12(8(6)9(14)15)10(16)11(2,3)4/h7-8H,5-6H2,1-4H3;2*7-9H,6H2,1-5H3,(H,14,15);6-7,18H,4-5H2,1-3H3;3*6-8H,5H2,1-4H3,(H,14,15);6-8,13H,5H2,1-4H3,(H,14,15)/t8-,11?;7?,8-,9-;7-,8+,9-;7-,10?;6?,7-,8-;6-,7+,8-;6-,7-,8+;6?,7-,8+/m10010011/s1. The summed E-state index contributed by atoms with van der Waals surface area (Å²) in [5, 5.41) is 73.9. The van der Waals surface area contributed by atoms with E-state index in [2.05, 4.69) is 14.2 Å². The number of aliphatic hydroxyl groups excluding tert-OH is 1. The van der Waals surface area contributed by atoms with Crippen LogP contribution >= 0.6 is 0 Å². The van der Waals surface area contributed by atoms with E-state index >= 15 is 0 Å². The van der Waals surface area contributed by atoms with Crippen molar-refractivity contribution >= 4 is 96.0 Å². The van der Waals surface area contributed by atoms with Crippen molar-refractivity contribution < 1.29 is 181 Å². The van der Waals surface area contributed by atoms with Gasteiger partial charge in [0.15, 0.2) is 23.7 Å². The second-order valence-electron chi connectivity index (χ2n) is 44.1. The number of carbonyl (C=O) groups is 16. The molecule has 0 spiro atoms. The molecule has 0 radical (unpaired) electrons. The molecule has 0 aromatic rings. The van der Waals surface area contributed by atoms with Crippen molar-refractivity contribution in [3.63, 3.8) is 0 Å². The Kier molecular flexibility index (Phi) is 43.4. The molecule has 8 heterocycles. The van der Waals surface area contributed by atoms with Gasteiger partial charge in [-0.1, -0.05) is 208 Å². The summed E-state index contributed by atoms with van der Waals surface area (Å²) in [4.78, 5) is 193. The van der Waals surface area contributed by atoms with Gasteiger partial charge in [-0.3, -0.25) is 47.9 Å². The Morgan fingerprint density at radius 1 is 0.307 bits per heavy atom. The molecule has 8 fully saturated rings. The number of hydrogen-bond acceptors (Lipinski definition) is 23. The van der Waals surface area contributed by atoms with Crippen LogP contribution in [0.25, 0.3) is 0 Å². The predicted octanol–water partition coefficient (Wildman–Crippen LogP) is 8.96. The van der Waals surface area contributed by atoms with E-state index in [1.54, 1.807) is 167 Å². The third-order valence-electron chi connectivity index (χ3n) is 24.5. The SMILES string of the molecule is CC(C)(C)C(=O)N1CC(O)(C(F)(F)F)C[C@H]1OC=O.CC1[C@@H](C(=O)O)N(C(=O)C(C)(C)C)C[C@@H]1F.CC1[C@H](O)CN(C(=O)C(C)(C)C)[C@@H]1C(=O)O.COC1(C(F)(F)F)C[C@@H](OC=O)N(C(=O)C(C)(C)C)C1.CO[C@@H]1CN(C(=O)C(C)(C)C)[C@H](C(=O)O)[C@H]1C.CO[C@H]1CN(C(=O)C(C)(C)C)[C@H](C(=O)O)C1C.C[C@@H]1[C@H](F)CN(C(=O)C(C)(C)C)[C@@H]1C(=O)O.C[C@H]1[C@H](F)CN(C(=O)C(C)(C)C)[C@@H]1C(=O)O. The first kappa shape index (κ1) is 126. The van der Waals surface area contributed by atoms with Gasteiger partial charge in [-0.2, -0.15) is 26.3 Å². The molecule has 8 saturated heterocycles. The summed E-state index contributed by atoms with van der Waals surface area (Å²) in [7, 11) is 4.02. The minimum atomic E-state index is -4.90. The smallest absolute Gasteiger partial charge is 0.419 e. The highest BCUT2D eigenvalue weighted by molar-refractivity contribution is 5.92. The van der Waals surface area contributed by atoms with E-state index in [0.29, 0.717) is 13.1 Å². The molecular formula is C91H149F9N8O29. The molecule has 37 nitrogen and oxygen atoms in total. The number of carboxylic acids is 6. The van der Waals surface area contributed by atoms with E-state index in [4.69, 9.17) is 29.9 Å². The van der Waals surface area contributed by atoms with Crippen LogP contribution in [0.1, 0.15) is 221 Å². The lowest BCUT2D eigenvalue weighted by molar-refractivity contribution is -0.265. The third kappa shape index (κ3) is 31.6. The maximum atomic E-state index is 13.5. The highest BCUT2D eigenvalue weighted by Gasteiger charge is 2.65. The van der Waals surface area contributed by atoms with Crippen molar-refractivity contribution in [3.05, 3.63) is 0 Å². The number of likely N-dealkylation sites (tertiary alicyclic amines) is 8. The summed E-state index contributed by atoms with van der Waals surface area (Å²) in [6.45, 7) is 49.2. The number of nitrogens with zero attached hydrogens (tertiary/aromatic N) is 8. The lowest BCUT2D eigenvalue weighted by atomic mass is 9.93. The fourth-order valence-electron chi connectivity index (χ4n) is 16.3. The average molecular weight is 1990 g/mol. The summed E-state index contributed by atoms with van der Waals surface area (Å²) < 4.78 is 142. The molecule has 790 valence electrons. The molecule has 8 aliphatic heterocycles. The number of aliphatic hydroxyl groups is 2. The number of rotatable bonds is 13. The highest BCUT2D eigenvalue weighted by Crippen LogP contribution is 2.47. The Labute approximate surface area is 795 Å². The van der Waals surface area contributed by atoms with Gasteiger partial charge in [-0.05, 0) is 0 Å². The summed E-state index contributed by atoms with van der Waals surface area (Å²) in [6.07, 6.45) is -18.7. The Bertz CT molecular complexity index is 3910. The number of methoxy groups -OCH3 is 3. The Balaban J connectivity index is 0.000000784. The van der Waals surface area contributed by atoms with Crippen molar-refractivity contribution in [2.75, 3.05) is 73.7 Å². The van der Waals surface area contributed by atoms with Crippen LogP contribution in [0, 0.1) is 78.8 Å². The first-order valence-electron chi connectivity index (χ1n) is 44.5. The van der Waals surface area contributed by atoms with Crippen LogP contribution in [-0.4, -0.2) is 359 Å². The molecule has 0 aromatic carbocycles. The molecule has 0 aliphatic carbocycles. The van der Waals surface area contributed by atoms with Gasteiger partial charge in [0.05, 0.1) is 51.0 Å². The number of ether oxygens (including phenoxy) is 5. The normalized spacial score (nSPS) is 29.5. The van der Waals surface area contributed by atoms with Gasteiger partial charge in [-0.15, -0.1) is 0 Å². The summed E-state index contributed by atoms with van der Waals surface area (Å²) >= 11 is 0. The van der Waals surface area contributed by atoms with Crippen LogP contribution in [0.5, 0.6) is 0 Å².